The van der Waals surface area contributed by atoms with Crippen LogP contribution in [0.2, 0.25) is 0 Å². The molecule has 1 aromatic heterocycles. The molecular weight excluding hydrogens is 456 g/mol. The van der Waals surface area contributed by atoms with Gasteiger partial charge < -0.3 is 15.0 Å². The molecule has 2 aromatic rings. The number of hydroxylamine groups is 2. The summed E-state index contributed by atoms with van der Waals surface area (Å²) in [6, 6.07) is 6.08. The largest absolute Gasteiger partial charge is 0.389 e. The number of aliphatic hydroxyl groups is 1. The van der Waals surface area contributed by atoms with E-state index in [0.717, 1.165) is 8.63 Å². The van der Waals surface area contributed by atoms with Crippen LogP contribution in [0.4, 0.5) is 15.9 Å². The van der Waals surface area contributed by atoms with Gasteiger partial charge in [-0.15, -0.1) is 0 Å². The van der Waals surface area contributed by atoms with Crippen LogP contribution in [0.1, 0.15) is 27.8 Å². The number of ketones is 1. The lowest BCUT2D eigenvalue weighted by Gasteiger charge is -2.16. The van der Waals surface area contributed by atoms with Crippen LogP contribution in [0.3, 0.4) is 0 Å². The molecule has 1 saturated heterocycles. The van der Waals surface area contributed by atoms with Crippen molar-refractivity contribution in [1.82, 2.24) is 9.63 Å². The Morgan fingerprint density at radius 2 is 2.12 bits per heavy atom. The molecule has 3 rings (SSSR count). The molecule has 0 radical (unpaired) electrons. The summed E-state index contributed by atoms with van der Waals surface area (Å²) >= 11 is 2.00. The molecule has 9 heteroatoms. The molecule has 138 valence electrons. The molecule has 1 unspecified atom stereocenters. The topological polar surface area (TPSA) is 83.8 Å². The second-order valence-corrected chi connectivity index (χ2v) is 7.22. The highest BCUT2D eigenvalue weighted by Gasteiger charge is 2.31. The van der Waals surface area contributed by atoms with Gasteiger partial charge in [0.25, 0.3) is 5.91 Å². The van der Waals surface area contributed by atoms with Gasteiger partial charge in [-0.05, 0) is 46.9 Å². The predicted octanol–water partition coefficient (Wildman–Crippen LogP) is 2.46. The van der Waals surface area contributed by atoms with E-state index in [2.05, 4.69) is 5.32 Å². The Kier molecular flexibility index (Phi) is 5.30. The molecule has 1 aliphatic rings. The van der Waals surface area contributed by atoms with Crippen molar-refractivity contribution in [3.63, 3.8) is 0 Å². The minimum absolute atomic E-state index is 0.0205. The van der Waals surface area contributed by atoms with Gasteiger partial charge in [0, 0.05) is 17.5 Å². The van der Waals surface area contributed by atoms with Gasteiger partial charge >= 0.3 is 0 Å². The van der Waals surface area contributed by atoms with E-state index in [1.165, 1.54) is 23.6 Å². The summed E-state index contributed by atoms with van der Waals surface area (Å²) < 4.78 is 16.5. The Hall–Kier alpha value is -1.98. The molecule has 1 aliphatic heterocycles. The highest BCUT2D eigenvalue weighted by Crippen LogP contribution is 2.29. The van der Waals surface area contributed by atoms with Gasteiger partial charge in [-0.3, -0.25) is 14.4 Å². The first-order chi connectivity index (χ1) is 12.3. The van der Waals surface area contributed by atoms with Crippen molar-refractivity contribution in [3.8, 4) is 0 Å². The maximum absolute atomic E-state index is 14.2. The first-order valence-electron chi connectivity index (χ1n) is 7.83. The van der Waals surface area contributed by atoms with Crippen molar-refractivity contribution >= 4 is 45.8 Å². The smallest absolute Gasteiger partial charge is 0.281 e. The number of carbonyl (C=O) groups is 2. The predicted molar refractivity (Wildman–Crippen MR) is 101 cm³/mol. The molecule has 0 saturated carbocycles. The summed E-state index contributed by atoms with van der Waals surface area (Å²) in [7, 11) is 1.61. The average molecular weight is 473 g/mol. The third-order valence-corrected chi connectivity index (χ3v) is 4.71. The van der Waals surface area contributed by atoms with Crippen LogP contribution in [0.15, 0.2) is 24.3 Å². The van der Waals surface area contributed by atoms with Gasteiger partial charge in [-0.2, -0.15) is 0 Å². The van der Waals surface area contributed by atoms with Crippen molar-refractivity contribution in [2.24, 2.45) is 7.05 Å². The highest BCUT2D eigenvalue weighted by molar-refractivity contribution is 14.1. The number of aliphatic hydroxyl groups excluding tert-OH is 1. The molecule has 1 fully saturated rings. The minimum atomic E-state index is -0.764. The summed E-state index contributed by atoms with van der Waals surface area (Å²) in [6.07, 6.45) is -0.764. The SMILES string of the molecule is CC(=O)c1cc(C(=O)N2CC(O)CO2)c(Nc2ccc(I)cc2F)n1C. The van der Waals surface area contributed by atoms with Crippen molar-refractivity contribution in [1.29, 1.82) is 0 Å². The van der Waals surface area contributed by atoms with Gasteiger partial charge in [0.15, 0.2) is 5.78 Å². The lowest BCUT2D eigenvalue weighted by Crippen LogP contribution is -2.28. The maximum Gasteiger partial charge on any atom is 0.281 e. The Labute approximate surface area is 162 Å². The van der Waals surface area contributed by atoms with Gasteiger partial charge in [0.2, 0.25) is 0 Å². The number of rotatable bonds is 4. The Morgan fingerprint density at radius 1 is 1.38 bits per heavy atom. The van der Waals surface area contributed by atoms with Crippen molar-refractivity contribution in [2.45, 2.75) is 13.0 Å². The van der Waals surface area contributed by atoms with Crippen LogP contribution < -0.4 is 5.32 Å². The second-order valence-electron chi connectivity index (χ2n) is 5.97. The van der Waals surface area contributed by atoms with E-state index in [-0.39, 0.29) is 36.0 Å². The monoisotopic (exact) mass is 473 g/mol. The van der Waals surface area contributed by atoms with Crippen LogP contribution in [-0.4, -0.2) is 45.7 Å². The number of hydrogen-bond acceptors (Lipinski definition) is 5. The number of carbonyl (C=O) groups excluding carboxylic acids is 2. The summed E-state index contributed by atoms with van der Waals surface area (Å²) in [5.41, 5.74) is 0.629. The number of β-amino-alcohol motifs (C(OH)–C–C–N with tert-alkyl or cyclic N) is 1. The number of anilines is 2. The molecule has 7 nitrogen and oxygen atoms in total. The molecule has 1 atom stereocenters. The molecule has 2 heterocycles. The average Bonchev–Trinajstić information content (AvgIpc) is 3.14. The van der Waals surface area contributed by atoms with E-state index in [1.54, 1.807) is 19.2 Å². The number of Topliss-reactive ketones (excluding diaryl/α,β-unsaturated/α-hetero) is 1. The summed E-state index contributed by atoms with van der Waals surface area (Å²) in [4.78, 5) is 29.8. The van der Waals surface area contributed by atoms with Gasteiger partial charge in [-0.1, -0.05) is 0 Å². The van der Waals surface area contributed by atoms with Crippen molar-refractivity contribution in [3.05, 3.63) is 44.9 Å². The van der Waals surface area contributed by atoms with E-state index >= 15 is 0 Å². The molecule has 2 N–H and O–H groups in total. The number of halogens is 2. The number of amides is 1. The fraction of sp³-hybridized carbons (Fsp3) is 0.294. The second kappa shape index (κ2) is 7.33. The molecular formula is C17H17FIN3O4. The number of benzene rings is 1. The van der Waals surface area contributed by atoms with Gasteiger partial charge in [-0.25, -0.2) is 9.45 Å². The molecule has 1 amide bonds. The standard InChI is InChI=1S/C17H17FIN3O4/c1-9(23)15-6-12(17(25)22-7-11(24)8-26-22)16(21(15)2)20-14-4-3-10(19)5-13(14)18/h3-6,11,20,24H,7-8H2,1-2H3. The lowest BCUT2D eigenvalue weighted by atomic mass is 10.2. The van der Waals surface area contributed by atoms with Crippen molar-refractivity contribution < 1.29 is 23.9 Å². The minimum Gasteiger partial charge on any atom is -0.389 e. The van der Waals surface area contributed by atoms with Crippen LogP contribution >= 0.6 is 22.6 Å². The Bertz CT molecular complexity index is 883. The van der Waals surface area contributed by atoms with E-state index in [9.17, 15) is 19.1 Å². The van der Waals surface area contributed by atoms with Gasteiger partial charge in [0.05, 0.1) is 23.5 Å². The first-order valence-corrected chi connectivity index (χ1v) is 8.91. The summed E-state index contributed by atoms with van der Waals surface area (Å²) in [6.45, 7) is 1.43. The maximum atomic E-state index is 14.2. The van der Waals surface area contributed by atoms with E-state index in [1.807, 2.05) is 22.6 Å². The molecule has 1 aromatic carbocycles. The van der Waals surface area contributed by atoms with Crippen LogP contribution in [0.25, 0.3) is 0 Å². The van der Waals surface area contributed by atoms with Crippen LogP contribution in [0, 0.1) is 9.39 Å². The number of nitrogens with one attached hydrogen (secondary N) is 1. The molecule has 0 spiro atoms. The zero-order chi connectivity index (χ0) is 19.0. The van der Waals surface area contributed by atoms with Crippen LogP contribution in [-0.2, 0) is 11.9 Å². The molecule has 26 heavy (non-hydrogen) atoms. The lowest BCUT2D eigenvalue weighted by molar-refractivity contribution is -0.0779. The highest BCUT2D eigenvalue weighted by atomic mass is 127. The number of nitrogens with zero attached hydrogens (tertiary/aromatic N) is 2. The molecule has 0 aliphatic carbocycles. The zero-order valence-corrected chi connectivity index (χ0v) is 16.3. The molecule has 0 bridgehead atoms. The summed E-state index contributed by atoms with van der Waals surface area (Å²) in [5.74, 6) is -0.961. The van der Waals surface area contributed by atoms with Crippen molar-refractivity contribution in [2.75, 3.05) is 18.5 Å². The van der Waals surface area contributed by atoms with Gasteiger partial charge in [0.1, 0.15) is 24.3 Å². The summed E-state index contributed by atoms with van der Waals surface area (Å²) in [5, 5.41) is 13.5. The fourth-order valence-corrected chi connectivity index (χ4v) is 3.18. The van der Waals surface area contributed by atoms with E-state index in [4.69, 9.17) is 4.84 Å². The van der Waals surface area contributed by atoms with E-state index in [0.29, 0.717) is 5.69 Å². The number of aromatic nitrogens is 1. The fourth-order valence-electron chi connectivity index (χ4n) is 2.72. The van der Waals surface area contributed by atoms with Crippen LogP contribution in [0.5, 0.6) is 0 Å². The third kappa shape index (κ3) is 3.60. The zero-order valence-electron chi connectivity index (χ0n) is 14.1. The Balaban J connectivity index is 2.02. The van der Waals surface area contributed by atoms with E-state index < -0.39 is 17.8 Å². The number of hydrogen-bond donors (Lipinski definition) is 2. The normalized spacial score (nSPS) is 16.8. The third-order valence-electron chi connectivity index (χ3n) is 4.03. The first kappa shape index (κ1) is 18.8. The quantitative estimate of drug-likeness (QED) is 0.527. The Morgan fingerprint density at radius 3 is 2.69 bits per heavy atom.